The summed E-state index contributed by atoms with van der Waals surface area (Å²) in [6, 6.07) is 7.77. The molecule has 1 unspecified atom stereocenters. The number of anilines is 1. The lowest BCUT2D eigenvalue weighted by molar-refractivity contribution is -0.137. The number of hydrogen-bond donors (Lipinski definition) is 1. The average molecular weight is 492 g/mol. The summed E-state index contributed by atoms with van der Waals surface area (Å²) < 4.78 is 43.6. The molecule has 0 radical (unpaired) electrons. The van der Waals surface area contributed by atoms with Gasteiger partial charge in [-0.2, -0.15) is 13.2 Å². The molecule has 3 aromatic rings. The van der Waals surface area contributed by atoms with Crippen molar-refractivity contribution in [2.45, 2.75) is 24.9 Å². The second kappa shape index (κ2) is 9.89. The molecule has 0 aliphatic rings. The molecule has 0 aliphatic heterocycles. The van der Waals surface area contributed by atoms with Crippen molar-refractivity contribution in [3.05, 3.63) is 69.7 Å². The van der Waals surface area contributed by atoms with Crippen molar-refractivity contribution in [1.82, 2.24) is 15.0 Å². The van der Waals surface area contributed by atoms with E-state index in [1.807, 2.05) is 12.1 Å². The molecular weight excluding hydrogens is 476 g/mol. The molecular formula is C20H16Cl3F3N4O. The molecule has 164 valence electrons. The Morgan fingerprint density at radius 3 is 2.42 bits per heavy atom. The first kappa shape index (κ1) is 23.4. The summed E-state index contributed by atoms with van der Waals surface area (Å²) in [7, 11) is 0. The minimum Gasteiger partial charge on any atom is -0.438 e. The first-order valence-corrected chi connectivity index (χ1v) is 10.2. The predicted octanol–water partition coefficient (Wildman–Crippen LogP) is 6.94. The third kappa shape index (κ3) is 6.12. The summed E-state index contributed by atoms with van der Waals surface area (Å²) in [5.41, 5.74) is 0.601. The van der Waals surface area contributed by atoms with Crippen LogP contribution in [0.3, 0.4) is 0 Å². The number of ether oxygens (including phenoxy) is 1. The SMILES string of the molecule is CC(Cl)c1ncnc(NCCc2ccc(Oc3ncc(C(F)(F)F)cc3Cl)cc2)c1Cl. The minimum absolute atomic E-state index is 0.105. The highest BCUT2D eigenvalue weighted by Crippen LogP contribution is 2.34. The van der Waals surface area contributed by atoms with E-state index in [2.05, 4.69) is 20.3 Å². The highest BCUT2D eigenvalue weighted by Gasteiger charge is 2.31. The van der Waals surface area contributed by atoms with Gasteiger partial charge in [-0.25, -0.2) is 15.0 Å². The van der Waals surface area contributed by atoms with Gasteiger partial charge in [0.15, 0.2) is 0 Å². The Hall–Kier alpha value is -2.29. The van der Waals surface area contributed by atoms with Crippen LogP contribution in [0.5, 0.6) is 11.6 Å². The average Bonchev–Trinajstić information content (AvgIpc) is 2.71. The number of rotatable bonds is 7. The summed E-state index contributed by atoms with van der Waals surface area (Å²) in [4.78, 5) is 11.8. The minimum atomic E-state index is -4.52. The van der Waals surface area contributed by atoms with E-state index in [9.17, 15) is 13.2 Å². The molecule has 2 heterocycles. The summed E-state index contributed by atoms with van der Waals surface area (Å²) >= 11 is 18.2. The molecule has 0 spiro atoms. The molecule has 1 N–H and O–H groups in total. The Labute approximate surface area is 191 Å². The number of aromatic nitrogens is 3. The Morgan fingerprint density at radius 1 is 1.10 bits per heavy atom. The molecule has 11 heteroatoms. The lowest BCUT2D eigenvalue weighted by Crippen LogP contribution is -2.08. The summed E-state index contributed by atoms with van der Waals surface area (Å²) in [5, 5.41) is 2.96. The van der Waals surface area contributed by atoms with E-state index in [0.29, 0.717) is 41.4 Å². The number of nitrogens with one attached hydrogen (secondary N) is 1. The number of nitrogens with zero attached hydrogens (tertiary/aromatic N) is 3. The molecule has 1 aromatic carbocycles. The lowest BCUT2D eigenvalue weighted by atomic mass is 10.1. The third-order valence-corrected chi connectivity index (χ3v) is 5.02. The zero-order valence-electron chi connectivity index (χ0n) is 16.1. The standard InChI is InChI=1S/C20H16Cl3F3N4O/c1-11(21)17-16(23)18(30-10-29-17)27-7-6-12-2-4-14(5-3-12)31-19-15(22)8-13(9-28-19)20(24,25)26/h2-5,8-11H,6-7H2,1H3,(H,27,29,30). The molecule has 3 rings (SSSR count). The van der Waals surface area contributed by atoms with Crippen LogP contribution in [-0.2, 0) is 12.6 Å². The summed E-state index contributed by atoms with van der Waals surface area (Å²) in [6.45, 7) is 2.33. The quantitative estimate of drug-likeness (QED) is 0.363. The second-order valence-corrected chi connectivity index (χ2v) is 7.91. The van der Waals surface area contributed by atoms with Crippen molar-refractivity contribution in [3.63, 3.8) is 0 Å². The molecule has 1 atom stereocenters. The van der Waals surface area contributed by atoms with Crippen LogP contribution in [0.15, 0.2) is 42.9 Å². The van der Waals surface area contributed by atoms with Gasteiger partial charge in [-0.15, -0.1) is 11.6 Å². The van der Waals surface area contributed by atoms with E-state index in [0.717, 1.165) is 11.6 Å². The highest BCUT2D eigenvalue weighted by atomic mass is 35.5. The third-order valence-electron chi connectivity index (χ3n) is 4.17. The smallest absolute Gasteiger partial charge is 0.417 e. The lowest BCUT2D eigenvalue weighted by Gasteiger charge is -2.12. The second-order valence-electron chi connectivity index (χ2n) is 6.47. The normalized spacial score (nSPS) is 12.5. The van der Waals surface area contributed by atoms with E-state index >= 15 is 0 Å². The Morgan fingerprint density at radius 2 is 1.81 bits per heavy atom. The van der Waals surface area contributed by atoms with Gasteiger partial charge in [0.25, 0.3) is 0 Å². The first-order chi connectivity index (χ1) is 14.6. The van der Waals surface area contributed by atoms with Crippen LogP contribution in [0.2, 0.25) is 10.0 Å². The van der Waals surface area contributed by atoms with Crippen LogP contribution in [0.1, 0.15) is 29.1 Å². The van der Waals surface area contributed by atoms with Crippen molar-refractivity contribution in [2.24, 2.45) is 0 Å². The molecule has 5 nitrogen and oxygen atoms in total. The van der Waals surface area contributed by atoms with Crippen LogP contribution < -0.4 is 10.1 Å². The van der Waals surface area contributed by atoms with Gasteiger partial charge in [0, 0.05) is 12.7 Å². The fraction of sp³-hybridized carbons (Fsp3) is 0.250. The maximum absolute atomic E-state index is 12.7. The van der Waals surface area contributed by atoms with Crippen LogP contribution in [0, 0.1) is 0 Å². The van der Waals surface area contributed by atoms with E-state index < -0.39 is 11.7 Å². The van der Waals surface area contributed by atoms with Gasteiger partial charge in [0.2, 0.25) is 5.88 Å². The first-order valence-electron chi connectivity index (χ1n) is 9.03. The van der Waals surface area contributed by atoms with Crippen LogP contribution in [0.4, 0.5) is 19.0 Å². The van der Waals surface area contributed by atoms with Crippen molar-refractivity contribution in [3.8, 4) is 11.6 Å². The van der Waals surface area contributed by atoms with Crippen LogP contribution in [0.25, 0.3) is 0 Å². The molecule has 0 fully saturated rings. The molecule has 0 saturated heterocycles. The predicted molar refractivity (Wildman–Crippen MR) is 114 cm³/mol. The van der Waals surface area contributed by atoms with Gasteiger partial charge in [0.05, 0.1) is 16.6 Å². The maximum atomic E-state index is 12.7. The molecule has 0 amide bonds. The van der Waals surface area contributed by atoms with Gasteiger partial charge in [-0.05, 0) is 37.1 Å². The van der Waals surface area contributed by atoms with Crippen molar-refractivity contribution in [1.29, 1.82) is 0 Å². The highest BCUT2D eigenvalue weighted by molar-refractivity contribution is 6.34. The van der Waals surface area contributed by atoms with E-state index in [1.165, 1.54) is 6.33 Å². The van der Waals surface area contributed by atoms with Gasteiger partial charge >= 0.3 is 6.18 Å². The Balaban J connectivity index is 1.58. The number of pyridine rings is 1. The van der Waals surface area contributed by atoms with Crippen molar-refractivity contribution >= 4 is 40.6 Å². The fourth-order valence-electron chi connectivity index (χ4n) is 2.60. The topological polar surface area (TPSA) is 59.9 Å². The fourth-order valence-corrected chi connectivity index (χ4v) is 3.35. The van der Waals surface area contributed by atoms with Gasteiger partial charge in [-0.3, -0.25) is 0 Å². The van der Waals surface area contributed by atoms with Gasteiger partial charge in [-0.1, -0.05) is 35.3 Å². The Kier molecular flexibility index (Phi) is 7.46. The molecule has 0 aliphatic carbocycles. The summed E-state index contributed by atoms with van der Waals surface area (Å²) in [5.74, 6) is 0.791. The number of alkyl halides is 4. The molecule has 2 aromatic heterocycles. The molecule has 31 heavy (non-hydrogen) atoms. The summed E-state index contributed by atoms with van der Waals surface area (Å²) in [6.07, 6.45) is -1.79. The zero-order chi connectivity index (χ0) is 22.6. The number of benzene rings is 1. The monoisotopic (exact) mass is 490 g/mol. The molecule has 0 saturated carbocycles. The van der Waals surface area contributed by atoms with Gasteiger partial charge < -0.3 is 10.1 Å². The number of hydrogen-bond acceptors (Lipinski definition) is 5. The van der Waals surface area contributed by atoms with Crippen LogP contribution >= 0.6 is 34.8 Å². The van der Waals surface area contributed by atoms with E-state index in [1.54, 1.807) is 19.1 Å². The van der Waals surface area contributed by atoms with E-state index in [4.69, 9.17) is 39.5 Å². The Bertz CT molecular complexity index is 1050. The van der Waals surface area contributed by atoms with E-state index in [-0.39, 0.29) is 16.3 Å². The van der Waals surface area contributed by atoms with Crippen molar-refractivity contribution in [2.75, 3.05) is 11.9 Å². The largest absolute Gasteiger partial charge is 0.438 e. The van der Waals surface area contributed by atoms with Crippen molar-refractivity contribution < 1.29 is 17.9 Å². The van der Waals surface area contributed by atoms with Crippen LogP contribution in [-0.4, -0.2) is 21.5 Å². The zero-order valence-corrected chi connectivity index (χ0v) is 18.3. The number of halogens is 6. The molecule has 0 bridgehead atoms. The maximum Gasteiger partial charge on any atom is 0.417 e. The van der Waals surface area contributed by atoms with Gasteiger partial charge in [0.1, 0.15) is 27.9 Å².